The predicted octanol–water partition coefficient (Wildman–Crippen LogP) is 3.30. The summed E-state index contributed by atoms with van der Waals surface area (Å²) in [5.74, 6) is -1.96. The number of hydrogen-bond acceptors (Lipinski definition) is 6. The van der Waals surface area contributed by atoms with Gasteiger partial charge in [0.2, 0.25) is 0 Å². The van der Waals surface area contributed by atoms with E-state index in [0.29, 0.717) is 13.1 Å². The van der Waals surface area contributed by atoms with Crippen LogP contribution in [0.25, 0.3) is 11.3 Å². The summed E-state index contributed by atoms with van der Waals surface area (Å²) in [5, 5.41) is 21.6. The fraction of sp³-hybridized carbons (Fsp3) is 0.304. The lowest BCUT2D eigenvalue weighted by atomic mass is 10.0. The van der Waals surface area contributed by atoms with Crippen molar-refractivity contribution in [3.8, 4) is 17.0 Å². The van der Waals surface area contributed by atoms with Gasteiger partial charge in [-0.05, 0) is 29.8 Å². The lowest BCUT2D eigenvalue weighted by molar-refractivity contribution is -0.192. The Labute approximate surface area is 204 Å². The summed E-state index contributed by atoms with van der Waals surface area (Å²) in [7, 11) is 3.47. The first kappa shape index (κ1) is 26.5. The van der Waals surface area contributed by atoms with Crippen molar-refractivity contribution in [3.63, 3.8) is 0 Å². The van der Waals surface area contributed by atoms with E-state index < -0.39 is 12.1 Å². The van der Waals surface area contributed by atoms with E-state index in [9.17, 15) is 18.0 Å². The minimum atomic E-state index is -5.08. The minimum Gasteiger partial charge on any atom is -0.497 e. The van der Waals surface area contributed by atoms with E-state index in [0.717, 1.165) is 34.8 Å². The van der Waals surface area contributed by atoms with Gasteiger partial charge in [0.05, 0.1) is 19.3 Å². The average Bonchev–Trinajstić information content (AvgIpc) is 3.30. The molecule has 1 atom stereocenters. The molecule has 1 aliphatic heterocycles. The van der Waals surface area contributed by atoms with Crippen LogP contribution in [0.15, 0.2) is 54.7 Å². The summed E-state index contributed by atoms with van der Waals surface area (Å²) in [6.07, 6.45) is -3.24. The van der Waals surface area contributed by atoms with Crippen LogP contribution in [0.2, 0.25) is 0 Å². The van der Waals surface area contributed by atoms with E-state index >= 15 is 0 Å². The standard InChI is InChI=1S/C21H24N6O2.C2HF3O2/c1-26-14-19(24-25-26)16-4-3-5-17(12-16)23-21(28)27-11-10-22-13-20(27)15-6-8-18(29-2)9-7-15;3-2(4,5)1(6)7/h3-9,12,14,20,22H,10-11,13H2,1-2H3,(H,23,28);(H,6,7). The molecule has 3 N–H and O–H groups in total. The number of nitrogens with zero attached hydrogens (tertiary/aromatic N) is 4. The summed E-state index contributed by atoms with van der Waals surface area (Å²) in [4.78, 5) is 23.8. The maximum atomic E-state index is 13.1. The Morgan fingerprint density at radius 3 is 2.47 bits per heavy atom. The third-order valence-corrected chi connectivity index (χ3v) is 5.26. The third kappa shape index (κ3) is 6.95. The van der Waals surface area contributed by atoms with E-state index in [4.69, 9.17) is 14.6 Å². The first-order valence-electron chi connectivity index (χ1n) is 10.8. The van der Waals surface area contributed by atoms with Crippen LogP contribution in [-0.4, -0.2) is 69.9 Å². The number of aryl methyl sites for hydroxylation is 1. The second kappa shape index (κ2) is 11.5. The Morgan fingerprint density at radius 2 is 1.89 bits per heavy atom. The number of carbonyl (C=O) groups is 2. The van der Waals surface area contributed by atoms with Crippen LogP contribution in [0.4, 0.5) is 23.7 Å². The van der Waals surface area contributed by atoms with Gasteiger partial charge in [0, 0.05) is 37.9 Å². The molecule has 1 saturated heterocycles. The quantitative estimate of drug-likeness (QED) is 0.496. The predicted molar refractivity (Wildman–Crippen MR) is 124 cm³/mol. The number of anilines is 1. The number of carbonyl (C=O) groups excluding carboxylic acids is 1. The van der Waals surface area contributed by atoms with Gasteiger partial charge in [0.25, 0.3) is 0 Å². The number of piperazine rings is 1. The highest BCUT2D eigenvalue weighted by Gasteiger charge is 2.38. The van der Waals surface area contributed by atoms with Crippen LogP contribution in [0, 0.1) is 0 Å². The smallest absolute Gasteiger partial charge is 0.490 e. The molecule has 13 heteroatoms. The molecule has 10 nitrogen and oxygen atoms in total. The monoisotopic (exact) mass is 506 g/mol. The fourth-order valence-corrected chi connectivity index (χ4v) is 3.50. The highest BCUT2D eigenvalue weighted by molar-refractivity contribution is 5.90. The van der Waals surface area contributed by atoms with Crippen molar-refractivity contribution in [2.45, 2.75) is 12.2 Å². The molecule has 1 unspecified atom stereocenters. The maximum Gasteiger partial charge on any atom is 0.490 e. The molecule has 2 heterocycles. The van der Waals surface area contributed by atoms with Gasteiger partial charge in [0.1, 0.15) is 11.4 Å². The van der Waals surface area contributed by atoms with Gasteiger partial charge in [-0.3, -0.25) is 4.68 Å². The number of halogens is 3. The van der Waals surface area contributed by atoms with Gasteiger partial charge in [-0.1, -0.05) is 29.5 Å². The molecular weight excluding hydrogens is 481 g/mol. The van der Waals surface area contributed by atoms with Crippen molar-refractivity contribution in [2.75, 3.05) is 32.1 Å². The molecule has 36 heavy (non-hydrogen) atoms. The van der Waals surface area contributed by atoms with Crippen LogP contribution in [0.5, 0.6) is 5.75 Å². The van der Waals surface area contributed by atoms with E-state index in [-0.39, 0.29) is 12.1 Å². The normalized spacial score (nSPS) is 15.5. The van der Waals surface area contributed by atoms with Crippen molar-refractivity contribution in [1.29, 1.82) is 0 Å². The van der Waals surface area contributed by atoms with Crippen molar-refractivity contribution in [2.24, 2.45) is 7.05 Å². The van der Waals surface area contributed by atoms with E-state index in [1.165, 1.54) is 0 Å². The first-order valence-corrected chi connectivity index (χ1v) is 10.8. The summed E-state index contributed by atoms with van der Waals surface area (Å²) in [6.45, 7) is 2.10. The molecule has 192 valence electrons. The zero-order valence-corrected chi connectivity index (χ0v) is 19.5. The second-order valence-corrected chi connectivity index (χ2v) is 7.78. The molecule has 0 saturated carbocycles. The number of hydrogen-bond donors (Lipinski definition) is 3. The zero-order valence-electron chi connectivity index (χ0n) is 19.5. The minimum absolute atomic E-state index is 0.0437. The number of amides is 2. The fourth-order valence-electron chi connectivity index (χ4n) is 3.50. The summed E-state index contributed by atoms with van der Waals surface area (Å²) >= 11 is 0. The topological polar surface area (TPSA) is 122 Å². The van der Waals surface area contributed by atoms with Gasteiger partial charge in [0.15, 0.2) is 0 Å². The maximum absolute atomic E-state index is 13.1. The molecule has 0 bridgehead atoms. The Balaban J connectivity index is 0.000000454. The summed E-state index contributed by atoms with van der Waals surface area (Å²) < 4.78 is 38.6. The highest BCUT2D eigenvalue weighted by Crippen LogP contribution is 2.26. The lowest BCUT2D eigenvalue weighted by Crippen LogP contribution is -2.50. The van der Waals surface area contributed by atoms with Crippen LogP contribution < -0.4 is 15.4 Å². The molecule has 0 aliphatic carbocycles. The SMILES string of the molecule is COc1ccc(C2CNCCN2C(=O)Nc2cccc(-c3cn(C)nn3)c2)cc1.O=C(O)C(F)(F)F. The number of ether oxygens (including phenoxy) is 1. The third-order valence-electron chi connectivity index (χ3n) is 5.26. The molecule has 2 aromatic carbocycles. The van der Waals surface area contributed by atoms with E-state index in [1.807, 2.05) is 66.7 Å². The van der Waals surface area contributed by atoms with Crippen LogP contribution in [-0.2, 0) is 11.8 Å². The summed E-state index contributed by atoms with van der Waals surface area (Å²) in [6, 6.07) is 15.3. The van der Waals surface area contributed by atoms with Crippen molar-refractivity contribution in [3.05, 3.63) is 60.3 Å². The number of benzene rings is 2. The Bertz CT molecular complexity index is 1180. The second-order valence-electron chi connectivity index (χ2n) is 7.78. The highest BCUT2D eigenvalue weighted by atomic mass is 19.4. The van der Waals surface area contributed by atoms with Crippen LogP contribution in [0.3, 0.4) is 0 Å². The number of carboxylic acids is 1. The Hall–Kier alpha value is -4.13. The largest absolute Gasteiger partial charge is 0.497 e. The molecule has 1 fully saturated rings. The Morgan fingerprint density at radius 1 is 1.19 bits per heavy atom. The molecule has 0 radical (unpaired) electrons. The molecule has 0 spiro atoms. The van der Waals surface area contributed by atoms with E-state index in [1.54, 1.807) is 11.8 Å². The number of methoxy groups -OCH3 is 1. The number of carboxylic acid groups (broad SMARTS) is 1. The lowest BCUT2D eigenvalue weighted by Gasteiger charge is -2.36. The van der Waals surface area contributed by atoms with Crippen LogP contribution >= 0.6 is 0 Å². The van der Waals surface area contributed by atoms with Crippen LogP contribution in [0.1, 0.15) is 11.6 Å². The molecule has 2 amide bonds. The van der Waals surface area contributed by atoms with Gasteiger partial charge in [-0.15, -0.1) is 5.10 Å². The molecule has 3 aromatic rings. The van der Waals surface area contributed by atoms with Crippen molar-refractivity contribution < 1.29 is 32.6 Å². The van der Waals surface area contributed by atoms with Crippen molar-refractivity contribution in [1.82, 2.24) is 25.2 Å². The molecular formula is C23H25F3N6O4. The van der Waals surface area contributed by atoms with Crippen molar-refractivity contribution >= 4 is 17.7 Å². The number of urea groups is 1. The van der Waals surface area contributed by atoms with Gasteiger partial charge >= 0.3 is 18.2 Å². The Kier molecular flexibility index (Phi) is 8.48. The summed E-state index contributed by atoms with van der Waals surface area (Å²) in [5.41, 5.74) is 3.47. The van der Waals surface area contributed by atoms with E-state index in [2.05, 4.69) is 20.9 Å². The average molecular weight is 506 g/mol. The van der Waals surface area contributed by atoms with Gasteiger partial charge in [-0.25, -0.2) is 9.59 Å². The number of aliphatic carboxylic acids is 1. The number of nitrogens with one attached hydrogen (secondary N) is 2. The molecule has 4 rings (SSSR count). The number of aromatic nitrogens is 3. The first-order chi connectivity index (χ1) is 17.1. The molecule has 1 aromatic heterocycles. The zero-order chi connectivity index (χ0) is 26.3. The number of alkyl halides is 3. The molecule has 1 aliphatic rings. The van der Waals surface area contributed by atoms with Gasteiger partial charge < -0.3 is 25.4 Å². The number of rotatable bonds is 4. The van der Waals surface area contributed by atoms with Gasteiger partial charge in [-0.2, -0.15) is 13.2 Å².